The highest BCUT2D eigenvalue weighted by Crippen LogP contribution is 2.38. The van der Waals surface area contributed by atoms with Crippen molar-refractivity contribution in [2.75, 3.05) is 20.3 Å². The first-order valence-electron chi connectivity index (χ1n) is 9.52. The van der Waals surface area contributed by atoms with Crippen LogP contribution < -0.4 is 10.1 Å². The van der Waals surface area contributed by atoms with E-state index in [0.717, 1.165) is 11.1 Å². The van der Waals surface area contributed by atoms with E-state index in [1.165, 1.54) is 0 Å². The van der Waals surface area contributed by atoms with Crippen molar-refractivity contribution in [3.05, 3.63) is 77.0 Å². The van der Waals surface area contributed by atoms with E-state index in [1.54, 1.807) is 14.0 Å². The second-order valence-corrected chi connectivity index (χ2v) is 6.78. The Morgan fingerprint density at radius 1 is 1.07 bits per heavy atom. The number of esters is 1. The van der Waals surface area contributed by atoms with Gasteiger partial charge in [-0.15, -0.1) is 0 Å². The molecule has 0 aromatic heterocycles. The van der Waals surface area contributed by atoms with Crippen LogP contribution in [0.3, 0.4) is 0 Å². The Labute approximate surface area is 170 Å². The topological polar surface area (TPSA) is 73.9 Å². The normalized spacial score (nSPS) is 16.3. The van der Waals surface area contributed by atoms with Crippen molar-refractivity contribution in [1.29, 1.82) is 0 Å². The van der Waals surface area contributed by atoms with Crippen LogP contribution in [0.15, 0.2) is 65.9 Å². The maximum atomic E-state index is 12.7. The third-order valence-electron chi connectivity index (χ3n) is 4.74. The quantitative estimate of drug-likeness (QED) is 0.548. The highest BCUT2D eigenvalue weighted by molar-refractivity contribution is 5.96. The van der Waals surface area contributed by atoms with Crippen molar-refractivity contribution in [3.8, 4) is 5.75 Å². The highest BCUT2D eigenvalue weighted by Gasteiger charge is 2.34. The summed E-state index contributed by atoms with van der Waals surface area (Å²) < 4.78 is 16.3. The van der Waals surface area contributed by atoms with E-state index in [-0.39, 0.29) is 18.9 Å². The fourth-order valence-corrected chi connectivity index (χ4v) is 3.37. The van der Waals surface area contributed by atoms with Gasteiger partial charge >= 0.3 is 5.97 Å². The molecular weight excluding hydrogens is 370 g/mol. The van der Waals surface area contributed by atoms with Gasteiger partial charge in [0.25, 0.3) is 0 Å². The van der Waals surface area contributed by atoms with Crippen molar-refractivity contribution < 1.29 is 23.8 Å². The fourth-order valence-electron chi connectivity index (χ4n) is 3.37. The Morgan fingerprint density at radius 3 is 2.55 bits per heavy atom. The van der Waals surface area contributed by atoms with Crippen LogP contribution in [-0.2, 0) is 25.7 Å². The van der Waals surface area contributed by atoms with Crippen LogP contribution in [0.25, 0.3) is 0 Å². The Morgan fingerprint density at radius 2 is 1.79 bits per heavy atom. The number of methoxy groups -OCH3 is 1. The van der Waals surface area contributed by atoms with Gasteiger partial charge in [-0.3, -0.25) is 4.79 Å². The molecule has 6 nitrogen and oxygen atoms in total. The molecule has 0 unspecified atom stereocenters. The lowest BCUT2D eigenvalue weighted by Gasteiger charge is -2.28. The Kier molecular flexibility index (Phi) is 7.03. The molecule has 0 saturated carbocycles. The molecule has 0 aliphatic carbocycles. The first-order chi connectivity index (χ1) is 14.1. The summed E-state index contributed by atoms with van der Waals surface area (Å²) in [6, 6.07) is 17.3. The molecule has 6 heteroatoms. The van der Waals surface area contributed by atoms with E-state index in [4.69, 9.17) is 14.2 Å². The van der Waals surface area contributed by atoms with E-state index >= 15 is 0 Å². The number of carbonyl (C=O) groups excluding carboxylic acids is 2. The lowest BCUT2D eigenvalue weighted by atomic mass is 9.84. The number of para-hydroxylation sites is 1. The van der Waals surface area contributed by atoms with Crippen molar-refractivity contribution in [3.63, 3.8) is 0 Å². The van der Waals surface area contributed by atoms with Gasteiger partial charge in [-0.2, -0.15) is 0 Å². The van der Waals surface area contributed by atoms with Gasteiger partial charge in [0.15, 0.2) is 0 Å². The molecule has 2 aromatic carbocycles. The second-order valence-electron chi connectivity index (χ2n) is 6.78. The summed E-state index contributed by atoms with van der Waals surface area (Å²) in [5.74, 6) is -0.391. The van der Waals surface area contributed by atoms with Crippen molar-refractivity contribution in [1.82, 2.24) is 5.32 Å². The molecular formula is C23H25NO5. The van der Waals surface area contributed by atoms with E-state index < -0.39 is 11.9 Å². The monoisotopic (exact) mass is 395 g/mol. The molecule has 152 valence electrons. The minimum atomic E-state index is -0.456. The molecule has 1 amide bonds. The van der Waals surface area contributed by atoms with Crippen LogP contribution in [0.1, 0.15) is 30.4 Å². The molecule has 1 N–H and O–H groups in total. The minimum Gasteiger partial charge on any atom is -0.489 e. The minimum absolute atomic E-state index is 0.140. The maximum absolute atomic E-state index is 12.7. The molecule has 2 aromatic rings. The zero-order chi connectivity index (χ0) is 20.6. The number of carbonyl (C=O) groups is 2. The zero-order valence-corrected chi connectivity index (χ0v) is 16.6. The summed E-state index contributed by atoms with van der Waals surface area (Å²) in [6.45, 7) is 2.57. The van der Waals surface area contributed by atoms with Gasteiger partial charge in [-0.25, -0.2) is 4.79 Å². The van der Waals surface area contributed by atoms with Crippen LogP contribution in [0.5, 0.6) is 5.75 Å². The molecule has 1 aliphatic rings. The molecule has 1 heterocycles. The Hall–Kier alpha value is -3.12. The predicted octanol–water partition coefficient (Wildman–Crippen LogP) is 3.33. The summed E-state index contributed by atoms with van der Waals surface area (Å²) >= 11 is 0. The van der Waals surface area contributed by atoms with Gasteiger partial charge in [0.1, 0.15) is 19.0 Å². The SMILES string of the molecule is COCCOC(=O)C1=C(C)NC(=O)C[C@H]1c1ccccc1OCc1ccccc1. The standard InChI is InChI=1S/C23H25NO5/c1-16-22(23(26)28-13-12-27-2)19(14-21(25)24-16)18-10-6-7-11-20(18)29-15-17-8-4-3-5-9-17/h3-11,19H,12-15H2,1-2H3,(H,24,25)/t19-/m0/s1. The number of rotatable bonds is 8. The van der Waals surface area contributed by atoms with Gasteiger partial charge in [0.2, 0.25) is 5.91 Å². The maximum Gasteiger partial charge on any atom is 0.336 e. The molecule has 3 rings (SSSR count). The van der Waals surface area contributed by atoms with Crippen molar-refractivity contribution >= 4 is 11.9 Å². The number of hydrogen-bond acceptors (Lipinski definition) is 5. The lowest BCUT2D eigenvalue weighted by molar-refractivity contribution is -0.140. The smallest absolute Gasteiger partial charge is 0.336 e. The van der Waals surface area contributed by atoms with Crippen molar-refractivity contribution in [2.24, 2.45) is 0 Å². The summed E-state index contributed by atoms with van der Waals surface area (Å²) in [5, 5.41) is 2.75. The van der Waals surface area contributed by atoms with E-state index in [9.17, 15) is 9.59 Å². The largest absolute Gasteiger partial charge is 0.489 e. The van der Waals surface area contributed by atoms with E-state index in [0.29, 0.717) is 30.2 Å². The average Bonchev–Trinajstić information content (AvgIpc) is 2.72. The van der Waals surface area contributed by atoms with Gasteiger partial charge in [-0.05, 0) is 18.6 Å². The number of nitrogens with one attached hydrogen (secondary N) is 1. The van der Waals surface area contributed by atoms with Gasteiger partial charge < -0.3 is 19.5 Å². The Balaban J connectivity index is 1.87. The summed E-state index contributed by atoms with van der Waals surface area (Å²) in [7, 11) is 1.54. The molecule has 0 spiro atoms. The molecule has 1 atom stereocenters. The zero-order valence-electron chi connectivity index (χ0n) is 16.6. The molecule has 29 heavy (non-hydrogen) atoms. The Bertz CT molecular complexity index is 891. The molecule has 0 bridgehead atoms. The summed E-state index contributed by atoms with van der Waals surface area (Å²) in [4.78, 5) is 25.0. The average molecular weight is 395 g/mol. The number of amides is 1. The number of ether oxygens (including phenoxy) is 3. The lowest BCUT2D eigenvalue weighted by Crippen LogP contribution is -2.34. The van der Waals surface area contributed by atoms with Crippen LogP contribution in [-0.4, -0.2) is 32.2 Å². The number of benzene rings is 2. The highest BCUT2D eigenvalue weighted by atomic mass is 16.6. The predicted molar refractivity (Wildman–Crippen MR) is 108 cm³/mol. The summed E-state index contributed by atoms with van der Waals surface area (Å²) in [6.07, 6.45) is 0.151. The number of allylic oxidation sites excluding steroid dienone is 1. The molecule has 1 aliphatic heterocycles. The first kappa shape index (κ1) is 20.6. The third-order valence-corrected chi connectivity index (χ3v) is 4.74. The van der Waals surface area contributed by atoms with Gasteiger partial charge in [-0.1, -0.05) is 48.5 Å². The van der Waals surface area contributed by atoms with Crippen LogP contribution in [0.4, 0.5) is 0 Å². The molecule has 0 radical (unpaired) electrons. The van der Waals surface area contributed by atoms with Crippen molar-refractivity contribution in [2.45, 2.75) is 25.9 Å². The third kappa shape index (κ3) is 5.23. The van der Waals surface area contributed by atoms with E-state index in [2.05, 4.69) is 5.32 Å². The van der Waals surface area contributed by atoms with Gasteiger partial charge in [0.05, 0.1) is 12.2 Å². The number of hydrogen-bond donors (Lipinski definition) is 1. The second kappa shape index (κ2) is 9.89. The van der Waals surface area contributed by atoms with E-state index in [1.807, 2.05) is 54.6 Å². The fraction of sp³-hybridized carbons (Fsp3) is 0.304. The molecule has 0 fully saturated rings. The van der Waals surface area contributed by atoms with Crippen LogP contribution in [0, 0.1) is 0 Å². The molecule has 0 saturated heterocycles. The summed E-state index contributed by atoms with van der Waals surface area (Å²) in [5.41, 5.74) is 2.77. The first-order valence-corrected chi connectivity index (χ1v) is 9.52. The van der Waals surface area contributed by atoms with Gasteiger partial charge in [0, 0.05) is 30.7 Å². The van der Waals surface area contributed by atoms with Crippen LogP contribution in [0.2, 0.25) is 0 Å². The van der Waals surface area contributed by atoms with Crippen LogP contribution >= 0.6 is 0 Å².